The second kappa shape index (κ2) is 8.36. The summed E-state index contributed by atoms with van der Waals surface area (Å²) < 4.78 is 16.7. The van der Waals surface area contributed by atoms with Gasteiger partial charge in [-0.3, -0.25) is 4.79 Å². The van der Waals surface area contributed by atoms with Crippen molar-refractivity contribution >= 4 is 17.7 Å². The molecule has 5 nitrogen and oxygen atoms in total. The molecule has 1 aliphatic rings. The van der Waals surface area contributed by atoms with E-state index < -0.39 is 0 Å². The normalized spacial score (nSPS) is 17.0. The third-order valence-electron chi connectivity index (χ3n) is 4.25. The molecule has 2 aromatic rings. The molecule has 6 heteroatoms. The van der Waals surface area contributed by atoms with Gasteiger partial charge in [0.1, 0.15) is 18.1 Å². The fraction of sp³-hybridized carbons (Fsp3) is 0.350. The number of amides is 1. The monoisotopic (exact) mass is 373 g/mol. The third kappa shape index (κ3) is 3.90. The summed E-state index contributed by atoms with van der Waals surface area (Å²) in [6.45, 7) is 6.62. The number of carbonyl (C=O) groups is 1. The van der Waals surface area contributed by atoms with E-state index >= 15 is 0 Å². The number of methoxy groups -OCH3 is 1. The van der Waals surface area contributed by atoms with Gasteiger partial charge in [0.15, 0.2) is 11.5 Å². The van der Waals surface area contributed by atoms with Gasteiger partial charge in [0.25, 0.3) is 5.91 Å². The standard InChI is InChI=1S/C20H23NO4S/c1-4-10-24-18-8-6-15(12-19(18)23-3)20(22)21-9-11-26-13-16(21)17-7-5-14(2)25-17/h4-8,12,16H,1,9-11,13H2,2-3H3/t16-/m1/s1. The minimum absolute atomic E-state index is 0.0297. The molecule has 26 heavy (non-hydrogen) atoms. The summed E-state index contributed by atoms with van der Waals surface area (Å²) in [5, 5.41) is 0. The highest BCUT2D eigenvalue weighted by molar-refractivity contribution is 7.99. The first kappa shape index (κ1) is 18.5. The highest BCUT2D eigenvalue weighted by Gasteiger charge is 2.31. The maximum atomic E-state index is 13.1. The van der Waals surface area contributed by atoms with Crippen molar-refractivity contribution in [2.24, 2.45) is 0 Å². The van der Waals surface area contributed by atoms with Crippen molar-refractivity contribution in [2.45, 2.75) is 13.0 Å². The van der Waals surface area contributed by atoms with E-state index in [9.17, 15) is 4.79 Å². The van der Waals surface area contributed by atoms with Crippen LogP contribution in [0.3, 0.4) is 0 Å². The Labute approximate surface area is 158 Å². The second-order valence-electron chi connectivity index (χ2n) is 6.00. The van der Waals surface area contributed by atoms with Crippen molar-refractivity contribution in [1.82, 2.24) is 4.90 Å². The molecule has 1 amide bonds. The number of carbonyl (C=O) groups excluding carboxylic acids is 1. The van der Waals surface area contributed by atoms with Crippen LogP contribution in [0.2, 0.25) is 0 Å². The summed E-state index contributed by atoms with van der Waals surface area (Å²) in [4.78, 5) is 15.0. The highest BCUT2D eigenvalue weighted by atomic mass is 32.2. The molecule has 3 rings (SSSR count). The lowest BCUT2D eigenvalue weighted by atomic mass is 10.1. The molecular weight excluding hydrogens is 350 g/mol. The molecule has 0 N–H and O–H groups in total. The molecule has 2 heterocycles. The third-order valence-corrected chi connectivity index (χ3v) is 5.27. The van der Waals surface area contributed by atoms with E-state index in [-0.39, 0.29) is 11.9 Å². The maximum absolute atomic E-state index is 13.1. The zero-order valence-corrected chi connectivity index (χ0v) is 15.9. The molecule has 0 aliphatic carbocycles. The summed E-state index contributed by atoms with van der Waals surface area (Å²) in [7, 11) is 1.57. The summed E-state index contributed by atoms with van der Waals surface area (Å²) in [5.74, 6) is 4.54. The quantitative estimate of drug-likeness (QED) is 0.714. The Morgan fingerprint density at radius 3 is 2.92 bits per heavy atom. The fourth-order valence-electron chi connectivity index (χ4n) is 2.95. The molecule has 1 saturated heterocycles. The maximum Gasteiger partial charge on any atom is 0.254 e. The molecule has 0 unspecified atom stereocenters. The number of thioether (sulfide) groups is 1. The summed E-state index contributed by atoms with van der Waals surface area (Å²) in [5.41, 5.74) is 0.577. The molecule has 1 fully saturated rings. The molecule has 1 aliphatic heterocycles. The molecule has 138 valence electrons. The van der Waals surface area contributed by atoms with Gasteiger partial charge in [0.2, 0.25) is 0 Å². The Kier molecular flexibility index (Phi) is 5.93. The van der Waals surface area contributed by atoms with Crippen molar-refractivity contribution < 1.29 is 18.7 Å². The number of hydrogen-bond acceptors (Lipinski definition) is 5. The Hall–Kier alpha value is -2.34. The van der Waals surface area contributed by atoms with Crippen molar-refractivity contribution in [3.8, 4) is 11.5 Å². The van der Waals surface area contributed by atoms with Gasteiger partial charge in [-0.15, -0.1) is 0 Å². The van der Waals surface area contributed by atoms with Crippen molar-refractivity contribution in [3.05, 3.63) is 60.1 Å². The Bertz CT molecular complexity index is 786. The minimum atomic E-state index is -0.0577. The number of furan rings is 1. The van der Waals surface area contributed by atoms with Crippen LogP contribution < -0.4 is 9.47 Å². The summed E-state index contributed by atoms with van der Waals surface area (Å²) in [6.07, 6.45) is 1.67. The average molecular weight is 373 g/mol. The predicted octanol–water partition coefficient (Wildman–Crippen LogP) is 4.09. The fourth-order valence-corrected chi connectivity index (χ4v) is 4.01. The van der Waals surface area contributed by atoms with Crippen LogP contribution in [-0.2, 0) is 0 Å². The molecule has 0 bridgehead atoms. The molecule has 1 atom stereocenters. The lowest BCUT2D eigenvalue weighted by Crippen LogP contribution is -2.40. The van der Waals surface area contributed by atoms with E-state index in [0.29, 0.717) is 30.2 Å². The van der Waals surface area contributed by atoms with E-state index in [4.69, 9.17) is 13.9 Å². The Morgan fingerprint density at radius 1 is 1.38 bits per heavy atom. The minimum Gasteiger partial charge on any atom is -0.493 e. The van der Waals surface area contributed by atoms with Crippen molar-refractivity contribution in [3.63, 3.8) is 0 Å². The smallest absolute Gasteiger partial charge is 0.254 e. The molecule has 1 aromatic heterocycles. The van der Waals surface area contributed by atoms with Gasteiger partial charge in [0, 0.05) is 23.6 Å². The molecule has 1 aromatic carbocycles. The van der Waals surface area contributed by atoms with Crippen molar-refractivity contribution in [1.29, 1.82) is 0 Å². The van der Waals surface area contributed by atoms with Gasteiger partial charge in [-0.25, -0.2) is 0 Å². The van der Waals surface area contributed by atoms with Crippen LogP contribution >= 0.6 is 11.8 Å². The number of hydrogen-bond donors (Lipinski definition) is 0. The second-order valence-corrected chi connectivity index (χ2v) is 7.15. The van der Waals surface area contributed by atoms with Gasteiger partial charge < -0.3 is 18.8 Å². The van der Waals surface area contributed by atoms with Crippen LogP contribution in [0.5, 0.6) is 11.5 Å². The van der Waals surface area contributed by atoms with E-state index in [1.807, 2.05) is 35.7 Å². The van der Waals surface area contributed by atoms with Crippen LogP contribution in [0.15, 0.2) is 47.4 Å². The highest BCUT2D eigenvalue weighted by Crippen LogP contribution is 2.34. The van der Waals surface area contributed by atoms with Crippen LogP contribution in [0.25, 0.3) is 0 Å². The van der Waals surface area contributed by atoms with E-state index in [1.54, 1.807) is 31.4 Å². The Balaban J connectivity index is 1.85. The zero-order valence-electron chi connectivity index (χ0n) is 15.1. The number of aryl methyl sites for hydroxylation is 1. The number of nitrogens with zero attached hydrogens (tertiary/aromatic N) is 1. The van der Waals surface area contributed by atoms with E-state index in [0.717, 1.165) is 23.0 Å². The van der Waals surface area contributed by atoms with Crippen LogP contribution in [0, 0.1) is 6.92 Å². The number of rotatable bonds is 6. The first-order valence-corrected chi connectivity index (χ1v) is 9.66. The number of benzene rings is 1. The van der Waals surface area contributed by atoms with Gasteiger partial charge in [-0.05, 0) is 37.3 Å². The first-order valence-electron chi connectivity index (χ1n) is 8.51. The molecule has 0 spiro atoms. The molecular formula is C20H23NO4S. The van der Waals surface area contributed by atoms with Gasteiger partial charge >= 0.3 is 0 Å². The summed E-state index contributed by atoms with van der Waals surface area (Å²) >= 11 is 1.83. The lowest BCUT2D eigenvalue weighted by Gasteiger charge is -2.34. The van der Waals surface area contributed by atoms with Gasteiger partial charge in [-0.1, -0.05) is 12.7 Å². The number of ether oxygens (including phenoxy) is 2. The topological polar surface area (TPSA) is 51.9 Å². The van der Waals surface area contributed by atoms with Crippen LogP contribution in [0.1, 0.15) is 27.9 Å². The summed E-state index contributed by atoms with van der Waals surface area (Å²) in [6, 6.07) is 9.10. The van der Waals surface area contributed by atoms with E-state index in [2.05, 4.69) is 6.58 Å². The van der Waals surface area contributed by atoms with Crippen molar-refractivity contribution in [2.75, 3.05) is 31.8 Å². The Morgan fingerprint density at radius 2 is 2.23 bits per heavy atom. The zero-order chi connectivity index (χ0) is 18.5. The average Bonchev–Trinajstić information content (AvgIpc) is 3.11. The SMILES string of the molecule is C=CCOc1ccc(C(=O)N2CCSC[C@@H]2c2ccc(C)o2)cc1OC. The van der Waals surface area contributed by atoms with Crippen LogP contribution in [-0.4, -0.2) is 42.6 Å². The molecule has 0 saturated carbocycles. The van der Waals surface area contributed by atoms with Gasteiger partial charge in [0.05, 0.1) is 13.2 Å². The van der Waals surface area contributed by atoms with Crippen LogP contribution in [0.4, 0.5) is 0 Å². The van der Waals surface area contributed by atoms with Gasteiger partial charge in [-0.2, -0.15) is 11.8 Å². The largest absolute Gasteiger partial charge is 0.493 e. The first-order chi connectivity index (χ1) is 12.6. The molecule has 0 radical (unpaired) electrons. The van der Waals surface area contributed by atoms with E-state index in [1.165, 1.54) is 0 Å². The lowest BCUT2D eigenvalue weighted by molar-refractivity contribution is 0.0681. The predicted molar refractivity (Wildman–Crippen MR) is 103 cm³/mol.